The molecule has 9 heterocycles. The summed E-state index contributed by atoms with van der Waals surface area (Å²) < 4.78 is 67.3. The van der Waals surface area contributed by atoms with Crippen molar-refractivity contribution in [3.63, 3.8) is 0 Å². The Morgan fingerprint density at radius 1 is 0.915 bits per heavy atom. The number of likely N-dealkylation sites (N-methyl/N-ethyl adjacent to an activating group) is 1. The number of aryl methyl sites for hydroxylation is 1. The van der Waals surface area contributed by atoms with Crippen molar-refractivity contribution in [2.45, 2.75) is 56.6 Å². The second kappa shape index (κ2) is 14.4. The molecule has 5 aliphatic rings. The normalized spacial score (nSPS) is 23.4. The third-order valence-electron chi connectivity index (χ3n) is 12.3. The highest BCUT2D eigenvalue weighted by Crippen LogP contribution is 2.39. The van der Waals surface area contributed by atoms with E-state index in [2.05, 4.69) is 25.2 Å². The molecule has 11 rings (SSSR count). The van der Waals surface area contributed by atoms with Gasteiger partial charge >= 0.3 is 0 Å². The number of imidazole rings is 1. The Bertz CT molecular complexity index is 2610. The summed E-state index contributed by atoms with van der Waals surface area (Å²) in [4.78, 5) is 42.4. The van der Waals surface area contributed by atoms with Gasteiger partial charge in [0.2, 0.25) is 11.9 Å². The first-order valence-corrected chi connectivity index (χ1v) is 19.8. The first-order chi connectivity index (χ1) is 28.6. The summed E-state index contributed by atoms with van der Waals surface area (Å²) in [5.74, 6) is -0.142. The van der Waals surface area contributed by atoms with Crippen LogP contribution in [-0.2, 0) is 16.1 Å². The zero-order chi connectivity index (χ0) is 40.7. The summed E-state index contributed by atoms with van der Waals surface area (Å²) in [6, 6.07) is 10.9. The van der Waals surface area contributed by atoms with Crippen LogP contribution in [0.2, 0.25) is 0 Å². The van der Waals surface area contributed by atoms with Crippen molar-refractivity contribution in [2.24, 2.45) is 0 Å². The van der Waals surface area contributed by atoms with Crippen LogP contribution in [0, 0.1) is 24.4 Å². The van der Waals surface area contributed by atoms with Crippen molar-refractivity contribution in [3.8, 4) is 16.9 Å². The Kier molecular flexibility index (Phi) is 9.15. The topological polar surface area (TPSA) is 126 Å². The average Bonchev–Trinajstić information content (AvgIpc) is 3.93. The SMILES string of the molecule is CO[C@H]1CN(C)C(=O)[C@@H]2C[C@@H](CN2c2nc(N3CC4CC(C3)N4CCF)nc3c2cnn3-c2ccc(F)cc2F)Nc2cccc(n2)-c2cc(F)cc3nc(C)n(c23)C1. The first kappa shape index (κ1) is 37.4. The van der Waals surface area contributed by atoms with Gasteiger partial charge in [-0.2, -0.15) is 15.1 Å². The van der Waals surface area contributed by atoms with Gasteiger partial charge in [-0.1, -0.05) is 6.07 Å². The van der Waals surface area contributed by atoms with E-state index in [0.717, 1.165) is 24.1 Å². The van der Waals surface area contributed by atoms with Crippen LogP contribution in [0.25, 0.3) is 39.0 Å². The van der Waals surface area contributed by atoms with Gasteiger partial charge in [0.15, 0.2) is 11.5 Å². The number of alkyl halides is 1. The third kappa shape index (κ3) is 6.39. The largest absolute Gasteiger partial charge is 0.378 e. The molecule has 5 atom stereocenters. The van der Waals surface area contributed by atoms with E-state index < -0.39 is 36.3 Å². The van der Waals surface area contributed by atoms with E-state index in [-0.39, 0.29) is 41.9 Å². The molecule has 0 aliphatic carbocycles. The number of carbonyl (C=O) groups excluding carboxylic acids is 1. The van der Waals surface area contributed by atoms with E-state index in [0.29, 0.717) is 84.7 Å². The maximum Gasteiger partial charge on any atom is 0.245 e. The molecule has 59 heavy (non-hydrogen) atoms. The Labute approximate surface area is 336 Å². The lowest BCUT2D eigenvalue weighted by Crippen LogP contribution is -2.69. The minimum Gasteiger partial charge on any atom is -0.378 e. The number of rotatable bonds is 6. The molecule has 0 spiro atoms. The molecule has 0 radical (unpaired) electrons. The fourth-order valence-corrected chi connectivity index (χ4v) is 9.50. The first-order valence-electron chi connectivity index (χ1n) is 19.8. The van der Waals surface area contributed by atoms with Crippen molar-refractivity contribution in [1.82, 2.24) is 44.1 Å². The summed E-state index contributed by atoms with van der Waals surface area (Å²) in [7, 11) is 3.34. The molecule has 14 nitrogen and oxygen atoms in total. The lowest BCUT2D eigenvalue weighted by molar-refractivity contribution is -0.132. The van der Waals surface area contributed by atoms with Gasteiger partial charge in [-0.05, 0) is 50.1 Å². The number of nitrogens with zero attached hydrogens (tertiary/aromatic N) is 11. The number of fused-ring (bicyclic) bond motifs is 8. The molecule has 2 aromatic carbocycles. The van der Waals surface area contributed by atoms with Crippen molar-refractivity contribution in [3.05, 3.63) is 78.0 Å². The van der Waals surface area contributed by atoms with Gasteiger partial charge in [0.05, 0.1) is 41.0 Å². The Morgan fingerprint density at radius 3 is 2.53 bits per heavy atom. The molecular weight excluding hydrogens is 769 g/mol. The Balaban J connectivity index is 1.09. The highest BCUT2D eigenvalue weighted by Gasteiger charge is 2.46. The average molecular weight is 811 g/mol. The summed E-state index contributed by atoms with van der Waals surface area (Å²) in [5, 5.41) is 8.56. The summed E-state index contributed by atoms with van der Waals surface area (Å²) >= 11 is 0. The molecule has 4 aromatic heterocycles. The van der Waals surface area contributed by atoms with E-state index in [4.69, 9.17) is 19.7 Å². The molecule has 6 bridgehead atoms. The number of methoxy groups -OCH3 is 1. The van der Waals surface area contributed by atoms with Crippen LogP contribution in [-0.4, -0.2) is 134 Å². The van der Waals surface area contributed by atoms with Gasteiger partial charge in [-0.25, -0.2) is 32.2 Å². The quantitative estimate of drug-likeness (QED) is 0.235. The van der Waals surface area contributed by atoms with Gasteiger partial charge in [0.1, 0.15) is 47.5 Å². The number of pyridine rings is 1. The second-order valence-electron chi connectivity index (χ2n) is 15.9. The number of piperazine rings is 1. The lowest BCUT2D eigenvalue weighted by Gasteiger charge is -2.56. The number of benzene rings is 2. The van der Waals surface area contributed by atoms with Crippen LogP contribution in [0.3, 0.4) is 0 Å². The summed E-state index contributed by atoms with van der Waals surface area (Å²) in [6.07, 6.45) is 2.39. The van der Waals surface area contributed by atoms with Crippen LogP contribution >= 0.6 is 0 Å². The number of amides is 1. The molecule has 1 amide bonds. The number of hydrogen-bond acceptors (Lipinski definition) is 11. The predicted molar refractivity (Wildman–Crippen MR) is 213 cm³/mol. The van der Waals surface area contributed by atoms with Crippen LogP contribution in [0.15, 0.2) is 54.7 Å². The van der Waals surface area contributed by atoms with Gasteiger partial charge < -0.3 is 29.3 Å². The lowest BCUT2D eigenvalue weighted by atomic mass is 9.87. The molecule has 1 N–H and O–H groups in total. The highest BCUT2D eigenvalue weighted by atomic mass is 19.1. The molecule has 4 fully saturated rings. The van der Waals surface area contributed by atoms with Gasteiger partial charge in [0, 0.05) is 82.7 Å². The maximum absolute atomic E-state index is 15.4. The molecule has 2 unspecified atom stereocenters. The Morgan fingerprint density at radius 2 is 1.75 bits per heavy atom. The number of nitrogens with one attached hydrogen (secondary N) is 1. The van der Waals surface area contributed by atoms with Crippen LogP contribution in [0.1, 0.15) is 18.7 Å². The van der Waals surface area contributed by atoms with Crippen LogP contribution in [0.4, 0.5) is 35.1 Å². The molecule has 306 valence electrons. The maximum atomic E-state index is 15.4. The number of ether oxygens (including phenoxy) is 1. The zero-order valence-corrected chi connectivity index (χ0v) is 32.7. The number of carbonyl (C=O) groups is 1. The van der Waals surface area contributed by atoms with E-state index in [1.807, 2.05) is 34.6 Å². The number of piperidine rings is 1. The van der Waals surface area contributed by atoms with Crippen molar-refractivity contribution >= 4 is 45.6 Å². The third-order valence-corrected chi connectivity index (χ3v) is 12.3. The molecular formula is C41H42F4N12O2. The van der Waals surface area contributed by atoms with E-state index in [9.17, 15) is 13.6 Å². The summed E-state index contributed by atoms with van der Waals surface area (Å²) in [6.45, 7) is 3.80. The van der Waals surface area contributed by atoms with Gasteiger partial charge in [0.25, 0.3) is 0 Å². The fourth-order valence-electron chi connectivity index (χ4n) is 9.50. The van der Waals surface area contributed by atoms with E-state index in [1.54, 1.807) is 25.3 Å². The van der Waals surface area contributed by atoms with Gasteiger partial charge in [-0.3, -0.25) is 9.69 Å². The van der Waals surface area contributed by atoms with Crippen LogP contribution < -0.4 is 15.1 Å². The minimum atomic E-state index is -0.814. The summed E-state index contributed by atoms with van der Waals surface area (Å²) in [5.41, 5.74) is 2.64. The minimum absolute atomic E-state index is 0.00537. The molecule has 18 heteroatoms. The van der Waals surface area contributed by atoms with Gasteiger partial charge in [-0.15, -0.1) is 0 Å². The van der Waals surface area contributed by atoms with Crippen molar-refractivity contribution < 1.29 is 27.1 Å². The highest BCUT2D eigenvalue weighted by molar-refractivity contribution is 5.94. The van der Waals surface area contributed by atoms with E-state index in [1.165, 1.54) is 22.9 Å². The van der Waals surface area contributed by atoms with Crippen molar-refractivity contribution in [1.29, 1.82) is 0 Å². The number of aromatic nitrogens is 7. The molecule has 6 aromatic rings. The number of hydrogen-bond donors (Lipinski definition) is 1. The Hall–Kier alpha value is -5.88. The van der Waals surface area contributed by atoms with Crippen molar-refractivity contribution in [2.75, 3.05) is 68.7 Å². The molecule has 4 saturated heterocycles. The molecule has 0 saturated carbocycles. The van der Waals surface area contributed by atoms with E-state index >= 15 is 8.78 Å². The zero-order valence-electron chi connectivity index (χ0n) is 32.7. The molecule has 5 aliphatic heterocycles. The fraction of sp³-hybridized carbons (Fsp3) is 0.415. The number of halogens is 4. The smallest absolute Gasteiger partial charge is 0.245 e. The standard InChI is InChI=1S/C41H42F4N12O2/c1-22-47-33-13-24(44)11-29-32-5-4-6-36(49-32)48-25-14-35(40(58)52(2)20-28(59-3)21-55(22)37(29)33)56(17-25)38-30-16-46-57(34-8-7-23(43)12-31(34)45)39(30)51-41(50-38)53-18-26-15-27(19-53)54(26)10-9-42/h4-8,11-13,16,25-28,35H,9-10,14-15,17-21H2,1-3H3,(H,48,49)/t25-,26?,27?,28-,35-/m0/s1. The monoisotopic (exact) mass is 810 g/mol. The second-order valence-corrected chi connectivity index (χ2v) is 15.9. The van der Waals surface area contributed by atoms with Crippen LogP contribution in [0.5, 0.6) is 0 Å². The predicted octanol–water partition coefficient (Wildman–Crippen LogP) is 4.73. The number of anilines is 3.